The number of hydrogen-bond donors (Lipinski definition) is 1. The van der Waals surface area contributed by atoms with E-state index in [9.17, 15) is 4.79 Å². The van der Waals surface area contributed by atoms with Gasteiger partial charge < -0.3 is 14.5 Å². The molecule has 0 spiro atoms. The third kappa shape index (κ3) is 1.78. The summed E-state index contributed by atoms with van der Waals surface area (Å²) in [5, 5.41) is 12.6. The Labute approximate surface area is 87.0 Å². The normalized spacial score (nSPS) is 16.2. The molecule has 1 aromatic rings. The van der Waals surface area contributed by atoms with Crippen LogP contribution in [-0.2, 0) is 11.4 Å². The Hall–Kier alpha value is -1.62. The van der Waals surface area contributed by atoms with Crippen molar-refractivity contribution in [1.82, 2.24) is 10.1 Å². The van der Waals surface area contributed by atoms with Crippen molar-refractivity contribution >= 4 is 5.91 Å². The Balaban J connectivity index is 1.94. The summed E-state index contributed by atoms with van der Waals surface area (Å²) in [6.45, 7) is 4.56. The van der Waals surface area contributed by atoms with Crippen LogP contribution in [0.25, 0.3) is 0 Å². The third-order valence-electron chi connectivity index (χ3n) is 2.52. The Kier molecular flexibility index (Phi) is 2.55. The van der Waals surface area contributed by atoms with Gasteiger partial charge in [-0.3, -0.25) is 4.79 Å². The minimum Gasteiger partial charge on any atom is -0.388 e. The molecule has 1 aliphatic rings. The maximum atomic E-state index is 11.2. The van der Waals surface area contributed by atoms with Gasteiger partial charge in [-0.25, -0.2) is 0 Å². The number of hydrogen-bond acceptors (Lipinski definition) is 4. The van der Waals surface area contributed by atoms with E-state index in [1.807, 2.05) is 0 Å². The van der Waals surface area contributed by atoms with Gasteiger partial charge in [0, 0.05) is 25.1 Å². The molecule has 0 radical (unpaired) electrons. The highest BCUT2D eigenvalue weighted by Gasteiger charge is 2.32. The van der Waals surface area contributed by atoms with Crippen LogP contribution < -0.4 is 0 Å². The first-order valence-corrected chi connectivity index (χ1v) is 4.72. The second-order valence-corrected chi connectivity index (χ2v) is 3.52. The van der Waals surface area contributed by atoms with E-state index in [1.165, 1.54) is 6.08 Å². The highest BCUT2D eigenvalue weighted by atomic mass is 16.5. The Morgan fingerprint density at radius 2 is 2.53 bits per heavy atom. The zero-order valence-electron chi connectivity index (χ0n) is 8.22. The highest BCUT2D eigenvalue weighted by molar-refractivity contribution is 5.87. The number of nitrogens with zero attached hydrogens (tertiary/aromatic N) is 2. The molecule has 0 bridgehead atoms. The molecular formula is C10H12N2O3. The van der Waals surface area contributed by atoms with E-state index >= 15 is 0 Å². The number of likely N-dealkylation sites (tertiary alicyclic amines) is 1. The van der Waals surface area contributed by atoms with E-state index < -0.39 is 0 Å². The Morgan fingerprint density at radius 1 is 1.80 bits per heavy atom. The van der Waals surface area contributed by atoms with Crippen molar-refractivity contribution in [3.05, 3.63) is 30.2 Å². The maximum absolute atomic E-state index is 11.2. The van der Waals surface area contributed by atoms with Gasteiger partial charge >= 0.3 is 0 Å². The van der Waals surface area contributed by atoms with E-state index in [0.29, 0.717) is 18.8 Å². The molecule has 2 rings (SSSR count). The molecule has 1 saturated heterocycles. The fourth-order valence-electron chi connectivity index (χ4n) is 1.57. The zero-order chi connectivity index (χ0) is 10.8. The monoisotopic (exact) mass is 208 g/mol. The van der Waals surface area contributed by atoms with E-state index in [4.69, 9.17) is 9.63 Å². The van der Waals surface area contributed by atoms with Crippen LogP contribution in [0.4, 0.5) is 0 Å². The number of aromatic nitrogens is 1. The molecule has 1 N–H and O–H groups in total. The van der Waals surface area contributed by atoms with Crippen LogP contribution in [0.5, 0.6) is 0 Å². The Morgan fingerprint density at radius 3 is 3.07 bits per heavy atom. The summed E-state index contributed by atoms with van der Waals surface area (Å²) in [6, 6.07) is 1.72. The topological polar surface area (TPSA) is 66.6 Å². The number of rotatable bonds is 3. The molecule has 0 saturated carbocycles. The smallest absolute Gasteiger partial charge is 0.245 e. The molecule has 0 atom stereocenters. The summed E-state index contributed by atoms with van der Waals surface area (Å²) in [5.41, 5.74) is 0.798. The van der Waals surface area contributed by atoms with Gasteiger partial charge in [0.1, 0.15) is 6.61 Å². The molecule has 1 aromatic heterocycles. The molecule has 0 aliphatic carbocycles. The van der Waals surface area contributed by atoms with E-state index in [0.717, 1.165) is 5.69 Å². The fraction of sp³-hybridized carbons (Fsp3) is 0.400. The van der Waals surface area contributed by atoms with Crippen LogP contribution in [0.2, 0.25) is 0 Å². The number of carbonyl (C=O) groups excluding carboxylic acids is 1. The van der Waals surface area contributed by atoms with Crippen molar-refractivity contribution in [2.24, 2.45) is 0 Å². The summed E-state index contributed by atoms with van der Waals surface area (Å²) in [4.78, 5) is 12.8. The van der Waals surface area contributed by atoms with Gasteiger partial charge in [0.2, 0.25) is 5.91 Å². The SMILES string of the molecule is C=CC(=O)N1CC(c2cc(CO)on2)C1. The summed E-state index contributed by atoms with van der Waals surface area (Å²) in [6.07, 6.45) is 1.30. The largest absolute Gasteiger partial charge is 0.388 e. The molecule has 1 amide bonds. The van der Waals surface area contributed by atoms with Crippen molar-refractivity contribution < 1.29 is 14.4 Å². The number of aliphatic hydroxyl groups is 1. The van der Waals surface area contributed by atoms with Gasteiger partial charge in [-0.05, 0) is 6.08 Å². The van der Waals surface area contributed by atoms with Gasteiger partial charge in [-0.2, -0.15) is 0 Å². The van der Waals surface area contributed by atoms with Crippen molar-refractivity contribution in [2.75, 3.05) is 13.1 Å². The fourth-order valence-corrected chi connectivity index (χ4v) is 1.57. The predicted molar refractivity (Wildman–Crippen MR) is 51.9 cm³/mol. The van der Waals surface area contributed by atoms with Crippen molar-refractivity contribution in [3.8, 4) is 0 Å². The van der Waals surface area contributed by atoms with Crippen LogP contribution in [0, 0.1) is 0 Å². The summed E-state index contributed by atoms with van der Waals surface area (Å²) < 4.78 is 4.87. The molecule has 1 aliphatic heterocycles. The van der Waals surface area contributed by atoms with Gasteiger partial charge in [0.15, 0.2) is 5.76 Å². The summed E-state index contributed by atoms with van der Waals surface area (Å²) >= 11 is 0. The average molecular weight is 208 g/mol. The van der Waals surface area contributed by atoms with E-state index in [2.05, 4.69) is 11.7 Å². The lowest BCUT2D eigenvalue weighted by Gasteiger charge is -2.37. The minimum atomic E-state index is -0.144. The molecule has 80 valence electrons. The zero-order valence-corrected chi connectivity index (χ0v) is 8.22. The van der Waals surface area contributed by atoms with Crippen LogP contribution in [0.15, 0.2) is 23.2 Å². The lowest BCUT2D eigenvalue weighted by molar-refractivity contribution is -0.130. The van der Waals surface area contributed by atoms with Gasteiger partial charge in [-0.15, -0.1) is 0 Å². The molecule has 1 fully saturated rings. The van der Waals surface area contributed by atoms with Gasteiger partial charge in [0.05, 0.1) is 5.69 Å². The predicted octanol–water partition coefficient (Wildman–Crippen LogP) is 0.279. The number of aliphatic hydroxyl groups excluding tert-OH is 1. The van der Waals surface area contributed by atoms with E-state index in [-0.39, 0.29) is 18.4 Å². The number of carbonyl (C=O) groups is 1. The van der Waals surface area contributed by atoms with Crippen molar-refractivity contribution in [3.63, 3.8) is 0 Å². The molecule has 15 heavy (non-hydrogen) atoms. The molecule has 0 unspecified atom stereocenters. The van der Waals surface area contributed by atoms with Crippen LogP contribution in [0.3, 0.4) is 0 Å². The Bertz CT molecular complexity index is 380. The standard InChI is InChI=1S/C10H12N2O3/c1-2-10(14)12-4-7(5-12)9-3-8(6-13)15-11-9/h2-3,7,13H,1,4-6H2. The van der Waals surface area contributed by atoms with Crippen LogP contribution in [0.1, 0.15) is 17.4 Å². The third-order valence-corrected chi connectivity index (χ3v) is 2.52. The molecule has 2 heterocycles. The lowest BCUT2D eigenvalue weighted by Crippen LogP contribution is -2.47. The van der Waals surface area contributed by atoms with Crippen molar-refractivity contribution in [2.45, 2.75) is 12.5 Å². The quantitative estimate of drug-likeness (QED) is 0.724. The summed E-state index contributed by atoms with van der Waals surface area (Å²) in [7, 11) is 0. The second kappa shape index (κ2) is 3.86. The lowest BCUT2D eigenvalue weighted by atomic mass is 9.96. The molecule has 5 nitrogen and oxygen atoms in total. The van der Waals surface area contributed by atoms with Crippen LogP contribution >= 0.6 is 0 Å². The van der Waals surface area contributed by atoms with Crippen LogP contribution in [-0.4, -0.2) is 34.2 Å². The molecule has 5 heteroatoms. The van der Waals surface area contributed by atoms with Gasteiger partial charge in [-0.1, -0.05) is 11.7 Å². The summed E-state index contributed by atoms with van der Waals surface area (Å²) in [5.74, 6) is 0.619. The average Bonchev–Trinajstić information content (AvgIpc) is 2.63. The minimum absolute atomic E-state index is 0.0582. The first-order valence-electron chi connectivity index (χ1n) is 4.72. The van der Waals surface area contributed by atoms with Gasteiger partial charge in [0.25, 0.3) is 0 Å². The molecular weight excluding hydrogens is 196 g/mol. The van der Waals surface area contributed by atoms with E-state index in [1.54, 1.807) is 11.0 Å². The number of amides is 1. The molecule has 0 aromatic carbocycles. The first-order chi connectivity index (χ1) is 7.24. The maximum Gasteiger partial charge on any atom is 0.245 e. The highest BCUT2D eigenvalue weighted by Crippen LogP contribution is 2.26. The second-order valence-electron chi connectivity index (χ2n) is 3.52. The van der Waals surface area contributed by atoms with Crippen molar-refractivity contribution in [1.29, 1.82) is 0 Å². The first kappa shape index (κ1) is 9.92.